The highest BCUT2D eigenvalue weighted by atomic mass is 32.1. The lowest BCUT2D eigenvalue weighted by atomic mass is 9.95. The van der Waals surface area contributed by atoms with Gasteiger partial charge >= 0.3 is 0 Å². The molecule has 0 spiro atoms. The number of nitrogens with one attached hydrogen (secondary N) is 3. The van der Waals surface area contributed by atoms with E-state index >= 15 is 0 Å². The van der Waals surface area contributed by atoms with Crippen molar-refractivity contribution in [3.63, 3.8) is 0 Å². The average molecular weight is 374 g/mol. The number of amides is 1. The van der Waals surface area contributed by atoms with Gasteiger partial charge in [0.05, 0.1) is 0 Å². The van der Waals surface area contributed by atoms with Crippen LogP contribution in [0.3, 0.4) is 0 Å². The second-order valence-electron chi connectivity index (χ2n) is 6.80. The van der Waals surface area contributed by atoms with E-state index in [2.05, 4.69) is 26.1 Å². The number of hydrogen-bond donors (Lipinski definition) is 3. The first-order valence-electron chi connectivity index (χ1n) is 9.39. The Hall–Kier alpha value is -1.99. The number of rotatable bonds is 8. The Kier molecular flexibility index (Phi) is 6.96. The highest BCUT2D eigenvalue weighted by molar-refractivity contribution is 7.19. The van der Waals surface area contributed by atoms with E-state index in [-0.39, 0.29) is 5.91 Å². The number of anilines is 2. The predicted octanol–water partition coefficient (Wildman–Crippen LogP) is 3.82. The van der Waals surface area contributed by atoms with E-state index in [1.165, 1.54) is 43.4 Å². The molecule has 1 fully saturated rings. The van der Waals surface area contributed by atoms with Crippen molar-refractivity contribution in [3.8, 4) is 0 Å². The predicted molar refractivity (Wildman–Crippen MR) is 107 cm³/mol. The van der Waals surface area contributed by atoms with E-state index in [4.69, 9.17) is 0 Å². The lowest BCUT2D eigenvalue weighted by Crippen LogP contribution is -2.32. The third-order valence-corrected chi connectivity index (χ3v) is 5.42. The van der Waals surface area contributed by atoms with Gasteiger partial charge in [0.2, 0.25) is 10.3 Å². The molecule has 6 nitrogen and oxygen atoms in total. The van der Waals surface area contributed by atoms with Crippen LogP contribution in [-0.2, 0) is 0 Å². The maximum atomic E-state index is 12.2. The van der Waals surface area contributed by atoms with Gasteiger partial charge < -0.3 is 10.6 Å². The summed E-state index contributed by atoms with van der Waals surface area (Å²) in [5, 5.41) is 19.1. The van der Waals surface area contributed by atoms with E-state index in [0.717, 1.165) is 30.2 Å². The Bertz CT molecular complexity index is 694. The summed E-state index contributed by atoms with van der Waals surface area (Å²) in [5.41, 5.74) is 1.75. The monoisotopic (exact) mass is 373 g/mol. The van der Waals surface area contributed by atoms with Crippen molar-refractivity contribution in [2.75, 3.05) is 23.7 Å². The lowest BCUT2D eigenvalue weighted by molar-refractivity contribution is 0.102. The van der Waals surface area contributed by atoms with Gasteiger partial charge in [-0.1, -0.05) is 48.3 Å². The number of hydrogen-bond acceptors (Lipinski definition) is 6. The minimum absolute atomic E-state index is 0.163. The summed E-state index contributed by atoms with van der Waals surface area (Å²) >= 11 is 1.36. The van der Waals surface area contributed by atoms with E-state index in [1.54, 1.807) is 0 Å². The van der Waals surface area contributed by atoms with Crippen LogP contribution < -0.4 is 16.0 Å². The quantitative estimate of drug-likeness (QED) is 0.613. The van der Waals surface area contributed by atoms with Crippen LogP contribution in [-0.4, -0.2) is 35.2 Å². The molecule has 0 radical (unpaired) electrons. The molecule has 140 valence electrons. The van der Waals surface area contributed by atoms with Crippen molar-refractivity contribution < 1.29 is 4.79 Å². The van der Waals surface area contributed by atoms with Crippen molar-refractivity contribution in [2.24, 2.45) is 0 Å². The molecule has 1 aromatic heterocycles. The molecule has 0 unspecified atom stereocenters. The lowest BCUT2D eigenvalue weighted by Gasteiger charge is -2.22. The van der Waals surface area contributed by atoms with Gasteiger partial charge in [0.25, 0.3) is 5.91 Å². The molecule has 1 heterocycles. The first-order chi connectivity index (χ1) is 12.7. The summed E-state index contributed by atoms with van der Waals surface area (Å²) in [6.45, 7) is 3.86. The minimum Gasteiger partial charge on any atom is -0.360 e. The van der Waals surface area contributed by atoms with Gasteiger partial charge in [0, 0.05) is 18.2 Å². The summed E-state index contributed by atoms with van der Waals surface area (Å²) in [7, 11) is 0. The molecule has 1 aliphatic carbocycles. The molecule has 7 heteroatoms. The second kappa shape index (κ2) is 9.64. The molecule has 0 saturated heterocycles. The van der Waals surface area contributed by atoms with Gasteiger partial charge in [-0.15, -0.1) is 10.2 Å². The molecule has 26 heavy (non-hydrogen) atoms. The van der Waals surface area contributed by atoms with Gasteiger partial charge in [0.1, 0.15) is 0 Å². The molecule has 0 aliphatic heterocycles. The Balaban J connectivity index is 1.36. The smallest absolute Gasteiger partial charge is 0.257 e. The largest absolute Gasteiger partial charge is 0.360 e. The first kappa shape index (κ1) is 18.8. The summed E-state index contributed by atoms with van der Waals surface area (Å²) in [6.07, 6.45) is 7.78. The van der Waals surface area contributed by atoms with Gasteiger partial charge in [0.15, 0.2) is 0 Å². The Morgan fingerprint density at radius 2 is 1.81 bits per heavy atom. The number of aryl methyl sites for hydroxylation is 1. The van der Waals surface area contributed by atoms with Crippen molar-refractivity contribution in [3.05, 3.63) is 35.4 Å². The van der Waals surface area contributed by atoms with Crippen molar-refractivity contribution in [1.82, 2.24) is 15.5 Å². The van der Waals surface area contributed by atoms with Crippen LogP contribution in [0.2, 0.25) is 0 Å². The maximum absolute atomic E-state index is 12.2. The van der Waals surface area contributed by atoms with Crippen LogP contribution in [0.1, 0.15) is 54.4 Å². The van der Waals surface area contributed by atoms with E-state index in [0.29, 0.717) is 16.7 Å². The Morgan fingerprint density at radius 1 is 1.08 bits per heavy atom. The highest BCUT2D eigenvalue weighted by Gasteiger charge is 2.12. The fraction of sp³-hybridized carbons (Fsp3) is 0.526. The number of benzene rings is 1. The van der Waals surface area contributed by atoms with Crippen molar-refractivity contribution in [1.29, 1.82) is 0 Å². The number of nitrogens with zero attached hydrogens (tertiary/aromatic N) is 2. The van der Waals surface area contributed by atoms with E-state index < -0.39 is 0 Å². The molecule has 3 N–H and O–H groups in total. The molecular weight excluding hydrogens is 346 g/mol. The average Bonchev–Trinajstić information content (AvgIpc) is 3.10. The Labute approximate surface area is 158 Å². The Morgan fingerprint density at radius 3 is 2.58 bits per heavy atom. The molecule has 1 aliphatic rings. The van der Waals surface area contributed by atoms with Gasteiger partial charge in [-0.2, -0.15) is 0 Å². The molecular formula is C19H27N5OS. The van der Waals surface area contributed by atoms with Crippen molar-refractivity contribution >= 4 is 27.5 Å². The van der Waals surface area contributed by atoms with Gasteiger partial charge in [-0.25, -0.2) is 0 Å². The van der Waals surface area contributed by atoms with Crippen LogP contribution in [0.5, 0.6) is 0 Å². The SMILES string of the molecule is Cc1ccc(C(=O)Nc2nnc(NCCCNC3CCCCC3)s2)cc1. The first-order valence-corrected chi connectivity index (χ1v) is 10.2. The van der Waals surface area contributed by atoms with E-state index in [1.807, 2.05) is 31.2 Å². The third kappa shape index (κ3) is 5.78. The minimum atomic E-state index is -0.163. The molecule has 3 rings (SSSR count). The van der Waals surface area contributed by atoms with Crippen LogP contribution >= 0.6 is 11.3 Å². The van der Waals surface area contributed by atoms with Gasteiger partial charge in [-0.3, -0.25) is 10.1 Å². The topological polar surface area (TPSA) is 78.9 Å². The summed E-state index contributed by atoms with van der Waals surface area (Å²) in [4.78, 5) is 12.2. The van der Waals surface area contributed by atoms with Crippen LogP contribution in [0, 0.1) is 6.92 Å². The van der Waals surface area contributed by atoms with E-state index in [9.17, 15) is 4.79 Å². The zero-order valence-electron chi connectivity index (χ0n) is 15.3. The molecule has 1 amide bonds. The third-order valence-electron chi connectivity index (χ3n) is 4.63. The summed E-state index contributed by atoms with van der Waals surface area (Å²) in [6, 6.07) is 8.16. The summed E-state index contributed by atoms with van der Waals surface area (Å²) < 4.78 is 0. The molecule has 0 atom stereocenters. The maximum Gasteiger partial charge on any atom is 0.257 e. The van der Waals surface area contributed by atoms with Crippen LogP contribution in [0.25, 0.3) is 0 Å². The fourth-order valence-electron chi connectivity index (χ4n) is 3.12. The number of carbonyl (C=O) groups is 1. The van der Waals surface area contributed by atoms with Crippen LogP contribution in [0.15, 0.2) is 24.3 Å². The fourth-order valence-corrected chi connectivity index (χ4v) is 3.78. The van der Waals surface area contributed by atoms with Crippen molar-refractivity contribution in [2.45, 2.75) is 51.5 Å². The molecule has 0 bridgehead atoms. The molecule has 1 aromatic carbocycles. The zero-order valence-corrected chi connectivity index (χ0v) is 16.1. The highest BCUT2D eigenvalue weighted by Crippen LogP contribution is 2.21. The molecule has 1 saturated carbocycles. The van der Waals surface area contributed by atoms with Crippen LogP contribution in [0.4, 0.5) is 10.3 Å². The number of carbonyl (C=O) groups excluding carboxylic acids is 1. The number of aromatic nitrogens is 2. The summed E-state index contributed by atoms with van der Waals surface area (Å²) in [5.74, 6) is -0.163. The van der Waals surface area contributed by atoms with Gasteiger partial charge in [-0.05, 0) is 44.9 Å². The normalized spacial score (nSPS) is 15.0. The second-order valence-corrected chi connectivity index (χ2v) is 7.78. The zero-order chi connectivity index (χ0) is 18.2. The standard InChI is InChI=1S/C19H27N5OS/c1-14-8-10-15(11-9-14)17(25)22-19-24-23-18(26-19)21-13-5-12-20-16-6-3-2-4-7-16/h8-11,16,20H,2-7,12-13H2,1H3,(H,21,23)(H,22,24,25). The molecule has 2 aromatic rings.